The standard InChI is InChI=1S/C26H31N9O2/c1-17(2)22-15-33(12-11-32-9-7-20(36)14-32)26(37)35(22)23-8-10-34-25(30-23)21(13-29-34)18-3-5-19(6-4-18)24-27-16-28-31-24/h3-6,8,10,13,16-17,20,22,36H,7,9,11-12,14-15H2,1-2H3,(H,27,28,31)/t20-,22-/m1/s1. The summed E-state index contributed by atoms with van der Waals surface area (Å²) in [7, 11) is 0. The lowest BCUT2D eigenvalue weighted by Gasteiger charge is -2.25. The zero-order chi connectivity index (χ0) is 25.5. The molecule has 2 fully saturated rings. The van der Waals surface area contributed by atoms with Gasteiger partial charge in [-0.05, 0) is 24.0 Å². The fraction of sp³-hybridized carbons (Fsp3) is 0.423. The number of amides is 2. The zero-order valence-electron chi connectivity index (χ0n) is 21.0. The van der Waals surface area contributed by atoms with Gasteiger partial charge < -0.3 is 10.0 Å². The number of aliphatic hydroxyl groups is 1. The third kappa shape index (κ3) is 4.44. The van der Waals surface area contributed by atoms with Crippen LogP contribution in [0.15, 0.2) is 49.1 Å². The number of fused-ring (bicyclic) bond motifs is 1. The van der Waals surface area contributed by atoms with Crippen molar-refractivity contribution >= 4 is 17.5 Å². The molecule has 3 aromatic heterocycles. The first-order valence-electron chi connectivity index (χ1n) is 12.8. The Hall–Kier alpha value is -3.83. The Bertz CT molecular complexity index is 1380. The normalized spacial score (nSPS) is 20.7. The zero-order valence-corrected chi connectivity index (χ0v) is 21.0. The lowest BCUT2D eigenvalue weighted by molar-refractivity contribution is 0.170. The summed E-state index contributed by atoms with van der Waals surface area (Å²) < 4.78 is 1.74. The molecule has 0 radical (unpaired) electrons. The Kier molecular flexibility index (Phi) is 6.09. The highest BCUT2D eigenvalue weighted by Crippen LogP contribution is 2.31. The van der Waals surface area contributed by atoms with Gasteiger partial charge in [-0.25, -0.2) is 19.3 Å². The molecule has 4 aromatic rings. The number of hydrogen-bond donors (Lipinski definition) is 2. The fourth-order valence-electron chi connectivity index (χ4n) is 5.26. The highest BCUT2D eigenvalue weighted by Gasteiger charge is 2.40. The van der Waals surface area contributed by atoms with Gasteiger partial charge in [0.05, 0.1) is 18.3 Å². The minimum Gasteiger partial charge on any atom is -0.392 e. The van der Waals surface area contributed by atoms with Crippen LogP contribution >= 0.6 is 0 Å². The predicted molar refractivity (Wildman–Crippen MR) is 139 cm³/mol. The number of urea groups is 1. The van der Waals surface area contributed by atoms with E-state index in [1.807, 2.05) is 46.3 Å². The number of H-pyrrole nitrogens is 1. The van der Waals surface area contributed by atoms with E-state index >= 15 is 0 Å². The lowest BCUT2D eigenvalue weighted by Crippen LogP contribution is -2.39. The summed E-state index contributed by atoms with van der Waals surface area (Å²) >= 11 is 0. The number of likely N-dealkylation sites (tertiary alicyclic amines) is 1. The van der Waals surface area contributed by atoms with Gasteiger partial charge in [0.1, 0.15) is 12.1 Å². The maximum Gasteiger partial charge on any atom is 0.326 e. The van der Waals surface area contributed by atoms with Crippen molar-refractivity contribution in [1.82, 2.24) is 39.6 Å². The van der Waals surface area contributed by atoms with Crippen LogP contribution in [0.1, 0.15) is 20.3 Å². The number of aromatic amines is 1. The van der Waals surface area contributed by atoms with Crippen LogP contribution in [0.25, 0.3) is 28.2 Å². The summed E-state index contributed by atoms with van der Waals surface area (Å²) in [6.45, 7) is 7.91. The summed E-state index contributed by atoms with van der Waals surface area (Å²) in [5, 5.41) is 21.2. The number of nitrogens with one attached hydrogen (secondary N) is 1. The van der Waals surface area contributed by atoms with Gasteiger partial charge >= 0.3 is 6.03 Å². The highest BCUT2D eigenvalue weighted by molar-refractivity contribution is 5.94. The number of anilines is 1. The van der Waals surface area contributed by atoms with Crippen LogP contribution in [0.2, 0.25) is 0 Å². The number of nitrogens with zero attached hydrogens (tertiary/aromatic N) is 8. The number of β-amino-alcohol motifs (C(OH)–C–C–N with tert-alkyl or cyclic N) is 1. The van der Waals surface area contributed by atoms with Gasteiger partial charge in [-0.15, -0.1) is 0 Å². The molecule has 1 aromatic carbocycles. The van der Waals surface area contributed by atoms with E-state index < -0.39 is 0 Å². The van der Waals surface area contributed by atoms with Crippen LogP contribution in [0.3, 0.4) is 0 Å². The molecule has 0 saturated carbocycles. The Labute approximate surface area is 214 Å². The summed E-state index contributed by atoms with van der Waals surface area (Å²) in [4.78, 5) is 28.7. The second kappa shape index (κ2) is 9.56. The van der Waals surface area contributed by atoms with Crippen LogP contribution in [0.4, 0.5) is 10.6 Å². The molecule has 2 atom stereocenters. The van der Waals surface area contributed by atoms with Gasteiger partial charge in [0.25, 0.3) is 0 Å². The Morgan fingerprint density at radius 2 is 1.92 bits per heavy atom. The number of carbonyl (C=O) groups is 1. The van der Waals surface area contributed by atoms with Crippen molar-refractivity contribution in [2.45, 2.75) is 32.4 Å². The maximum atomic E-state index is 13.6. The molecule has 0 unspecified atom stereocenters. The predicted octanol–water partition coefficient (Wildman–Crippen LogP) is 2.51. The van der Waals surface area contributed by atoms with Crippen molar-refractivity contribution in [3.05, 3.63) is 49.1 Å². The van der Waals surface area contributed by atoms with Crippen molar-refractivity contribution in [3.8, 4) is 22.5 Å². The number of carbonyl (C=O) groups excluding carboxylic acids is 1. The molecule has 5 heterocycles. The topological polar surface area (TPSA) is 119 Å². The van der Waals surface area contributed by atoms with E-state index in [0.717, 1.165) is 36.2 Å². The molecule has 0 bridgehead atoms. The Balaban J connectivity index is 1.27. The largest absolute Gasteiger partial charge is 0.392 e. The van der Waals surface area contributed by atoms with Crippen LogP contribution in [0.5, 0.6) is 0 Å². The van der Waals surface area contributed by atoms with Crippen molar-refractivity contribution in [3.63, 3.8) is 0 Å². The van der Waals surface area contributed by atoms with Crippen LogP contribution in [-0.2, 0) is 0 Å². The molecule has 2 N–H and O–H groups in total. The van der Waals surface area contributed by atoms with Gasteiger partial charge in [-0.3, -0.25) is 14.9 Å². The van der Waals surface area contributed by atoms with Gasteiger partial charge in [-0.1, -0.05) is 38.1 Å². The van der Waals surface area contributed by atoms with E-state index in [-0.39, 0.29) is 24.1 Å². The molecule has 2 amide bonds. The Morgan fingerprint density at radius 1 is 1.11 bits per heavy atom. The minimum atomic E-state index is -0.256. The van der Waals surface area contributed by atoms with Crippen molar-refractivity contribution < 1.29 is 9.90 Å². The smallest absolute Gasteiger partial charge is 0.326 e. The molecule has 2 saturated heterocycles. The molecular weight excluding hydrogens is 470 g/mol. The molecule has 37 heavy (non-hydrogen) atoms. The molecule has 0 aliphatic carbocycles. The van der Waals surface area contributed by atoms with Gasteiger partial charge in [0.15, 0.2) is 11.5 Å². The maximum absolute atomic E-state index is 13.6. The summed E-state index contributed by atoms with van der Waals surface area (Å²) in [5.41, 5.74) is 3.48. The second-order valence-corrected chi connectivity index (χ2v) is 10.2. The molecule has 0 spiro atoms. The molecule has 2 aliphatic heterocycles. The average Bonchev–Trinajstić information content (AvgIpc) is 3.70. The first kappa shape index (κ1) is 23.6. The lowest BCUT2D eigenvalue weighted by atomic mass is 10.0. The molecule has 11 heteroatoms. The van der Waals surface area contributed by atoms with Crippen molar-refractivity contribution in [2.24, 2.45) is 5.92 Å². The monoisotopic (exact) mass is 501 g/mol. The third-order valence-electron chi connectivity index (χ3n) is 7.39. The number of benzene rings is 1. The highest BCUT2D eigenvalue weighted by atomic mass is 16.3. The Morgan fingerprint density at radius 3 is 2.62 bits per heavy atom. The van der Waals surface area contributed by atoms with Crippen molar-refractivity contribution in [1.29, 1.82) is 0 Å². The summed E-state index contributed by atoms with van der Waals surface area (Å²) in [5.74, 6) is 1.55. The van der Waals surface area contributed by atoms with E-state index in [1.165, 1.54) is 0 Å². The number of rotatable bonds is 7. The van der Waals surface area contributed by atoms with E-state index in [0.29, 0.717) is 36.9 Å². The quantitative estimate of drug-likeness (QED) is 0.399. The van der Waals surface area contributed by atoms with Crippen LogP contribution in [0, 0.1) is 5.92 Å². The van der Waals surface area contributed by atoms with Gasteiger partial charge in [0.2, 0.25) is 0 Å². The minimum absolute atomic E-state index is 0.0211. The molecule has 192 valence electrons. The van der Waals surface area contributed by atoms with E-state index in [4.69, 9.17) is 4.98 Å². The molecule has 6 rings (SSSR count). The van der Waals surface area contributed by atoms with Gasteiger partial charge in [0, 0.05) is 50.0 Å². The van der Waals surface area contributed by atoms with E-state index in [1.54, 1.807) is 17.0 Å². The van der Waals surface area contributed by atoms with Crippen molar-refractivity contribution in [2.75, 3.05) is 37.6 Å². The molecular formula is C26H31N9O2. The number of aromatic nitrogens is 6. The van der Waals surface area contributed by atoms with E-state index in [2.05, 4.69) is 39.0 Å². The fourth-order valence-corrected chi connectivity index (χ4v) is 5.26. The first-order valence-corrected chi connectivity index (χ1v) is 12.8. The molecule has 2 aliphatic rings. The average molecular weight is 502 g/mol. The van der Waals surface area contributed by atoms with Crippen LogP contribution < -0.4 is 4.90 Å². The first-order chi connectivity index (χ1) is 18.0. The second-order valence-electron chi connectivity index (χ2n) is 10.2. The summed E-state index contributed by atoms with van der Waals surface area (Å²) in [6.07, 6.45) is 5.77. The van der Waals surface area contributed by atoms with E-state index in [9.17, 15) is 9.90 Å². The number of aliphatic hydroxyl groups excluding tert-OH is 1. The molecule has 11 nitrogen and oxygen atoms in total. The summed E-state index contributed by atoms with van der Waals surface area (Å²) in [6, 6.07) is 9.83. The number of hydrogen-bond acceptors (Lipinski definition) is 7. The third-order valence-corrected chi connectivity index (χ3v) is 7.39. The van der Waals surface area contributed by atoms with Gasteiger partial charge in [-0.2, -0.15) is 10.2 Å². The SMILES string of the molecule is CC(C)[C@H]1CN(CCN2CC[C@@H](O)C2)C(=O)N1c1ccn2ncc(-c3ccc(-c4nc[nH]n4)cc3)c2n1. The van der Waals surface area contributed by atoms with Crippen LogP contribution in [-0.4, -0.2) is 95.6 Å².